The summed E-state index contributed by atoms with van der Waals surface area (Å²) in [6.45, 7) is 9.15. The lowest BCUT2D eigenvalue weighted by Crippen LogP contribution is -2.45. The van der Waals surface area contributed by atoms with Gasteiger partial charge in [-0.25, -0.2) is 4.79 Å². The molecule has 7 nitrogen and oxygen atoms in total. The second-order valence-corrected chi connectivity index (χ2v) is 6.09. The Morgan fingerprint density at radius 3 is 2.50 bits per heavy atom. The summed E-state index contributed by atoms with van der Waals surface area (Å²) in [5.74, 6) is -0.321. The van der Waals surface area contributed by atoms with Crippen LogP contribution in [0.3, 0.4) is 0 Å². The van der Waals surface area contributed by atoms with Crippen molar-refractivity contribution in [3.05, 3.63) is 34.8 Å². The first-order valence-corrected chi connectivity index (χ1v) is 7.92. The van der Waals surface area contributed by atoms with Crippen LogP contribution in [0.25, 0.3) is 5.82 Å². The molecule has 0 aromatic carbocycles. The van der Waals surface area contributed by atoms with Crippen molar-refractivity contribution in [2.45, 2.75) is 47.1 Å². The van der Waals surface area contributed by atoms with Crippen molar-refractivity contribution >= 4 is 11.9 Å². The number of rotatable bonds is 6. The summed E-state index contributed by atoms with van der Waals surface area (Å²) in [5, 5.41) is 15.9. The van der Waals surface area contributed by atoms with E-state index < -0.39 is 17.9 Å². The van der Waals surface area contributed by atoms with E-state index in [-0.39, 0.29) is 5.92 Å². The molecule has 1 amide bonds. The summed E-state index contributed by atoms with van der Waals surface area (Å²) in [4.78, 5) is 24.0. The molecule has 0 saturated heterocycles. The third kappa shape index (κ3) is 3.34. The molecule has 0 bridgehead atoms. The van der Waals surface area contributed by atoms with Gasteiger partial charge in [0.2, 0.25) is 0 Å². The lowest BCUT2D eigenvalue weighted by Gasteiger charge is -2.20. The van der Waals surface area contributed by atoms with Gasteiger partial charge in [0.15, 0.2) is 5.82 Å². The van der Waals surface area contributed by atoms with Crippen molar-refractivity contribution in [1.29, 1.82) is 0 Å². The number of hydrogen-bond acceptors (Lipinski definition) is 4. The van der Waals surface area contributed by atoms with Crippen LogP contribution >= 0.6 is 0 Å². The van der Waals surface area contributed by atoms with Gasteiger partial charge in [0.1, 0.15) is 11.8 Å². The molecule has 2 aromatic heterocycles. The van der Waals surface area contributed by atoms with E-state index in [0.717, 1.165) is 5.69 Å². The molecule has 2 N–H and O–H groups in total. The van der Waals surface area contributed by atoms with Crippen molar-refractivity contribution in [2.24, 2.45) is 5.92 Å². The minimum absolute atomic E-state index is 0.159. The van der Waals surface area contributed by atoms with Crippen LogP contribution in [-0.2, 0) is 4.79 Å². The van der Waals surface area contributed by atoms with Crippen molar-refractivity contribution in [3.8, 4) is 5.82 Å². The highest BCUT2D eigenvalue weighted by Gasteiger charge is 2.27. The molecule has 2 heterocycles. The van der Waals surface area contributed by atoms with Crippen LogP contribution in [0.2, 0.25) is 0 Å². The monoisotopic (exact) mass is 333 g/mol. The summed E-state index contributed by atoms with van der Waals surface area (Å²) < 4.78 is 6.90. The average Bonchev–Trinajstić information content (AvgIpc) is 3.06. The van der Waals surface area contributed by atoms with E-state index in [9.17, 15) is 14.7 Å². The summed E-state index contributed by atoms with van der Waals surface area (Å²) in [6.07, 6.45) is 0.661. The molecule has 2 rings (SSSR count). The predicted molar refractivity (Wildman–Crippen MR) is 88.4 cm³/mol. The van der Waals surface area contributed by atoms with Gasteiger partial charge in [-0.2, -0.15) is 0 Å². The maximum Gasteiger partial charge on any atom is 0.326 e. The zero-order valence-electron chi connectivity index (χ0n) is 14.6. The number of aryl methyl sites for hydroxylation is 2. The number of nitrogens with zero attached hydrogens (tertiary/aromatic N) is 2. The molecule has 2 aromatic rings. The third-order valence-corrected chi connectivity index (χ3v) is 4.29. The standard InChI is InChI=1S/C17H23N3O4/c1-6-9(2)15(17(22)23)18-16(21)13-7-10(3)20(12(13)5)14-8-11(4)24-19-14/h7-9,15H,6H2,1-5H3,(H,18,21)(H,22,23). The molecule has 0 aliphatic carbocycles. The molecule has 2 atom stereocenters. The molecule has 130 valence electrons. The number of carboxylic acids is 1. The molecule has 7 heteroatoms. The van der Waals surface area contributed by atoms with E-state index >= 15 is 0 Å². The Hall–Kier alpha value is -2.57. The number of carboxylic acid groups (broad SMARTS) is 1. The van der Waals surface area contributed by atoms with Gasteiger partial charge in [0.25, 0.3) is 5.91 Å². The van der Waals surface area contributed by atoms with Gasteiger partial charge in [0, 0.05) is 17.5 Å². The van der Waals surface area contributed by atoms with Crippen LogP contribution < -0.4 is 5.32 Å². The van der Waals surface area contributed by atoms with Gasteiger partial charge in [-0.05, 0) is 32.8 Å². The number of aromatic nitrogens is 2. The van der Waals surface area contributed by atoms with E-state index in [1.54, 1.807) is 32.9 Å². The first-order chi connectivity index (χ1) is 11.3. The number of amides is 1. The Kier molecular flexibility index (Phi) is 5.11. The minimum Gasteiger partial charge on any atom is -0.480 e. The average molecular weight is 333 g/mol. The maximum absolute atomic E-state index is 12.6. The Morgan fingerprint density at radius 2 is 2.00 bits per heavy atom. The van der Waals surface area contributed by atoms with Crippen molar-refractivity contribution in [2.75, 3.05) is 0 Å². The molecule has 0 fully saturated rings. The van der Waals surface area contributed by atoms with Crippen molar-refractivity contribution in [3.63, 3.8) is 0 Å². The van der Waals surface area contributed by atoms with Gasteiger partial charge < -0.3 is 14.9 Å². The van der Waals surface area contributed by atoms with Crippen molar-refractivity contribution in [1.82, 2.24) is 15.0 Å². The number of nitrogens with one attached hydrogen (secondary N) is 1. The van der Waals surface area contributed by atoms with Gasteiger partial charge in [-0.15, -0.1) is 0 Å². The van der Waals surface area contributed by atoms with Gasteiger partial charge in [0.05, 0.1) is 5.56 Å². The van der Waals surface area contributed by atoms with Crippen LogP contribution in [0.1, 0.15) is 47.8 Å². The predicted octanol–water partition coefficient (Wildman–Crippen LogP) is 2.62. The fourth-order valence-electron chi connectivity index (χ4n) is 2.71. The molecule has 0 saturated carbocycles. The van der Waals surface area contributed by atoms with E-state index in [1.807, 2.05) is 18.4 Å². The summed E-state index contributed by atoms with van der Waals surface area (Å²) in [7, 11) is 0. The van der Waals surface area contributed by atoms with Crippen LogP contribution in [0.15, 0.2) is 16.7 Å². The zero-order valence-corrected chi connectivity index (χ0v) is 14.6. The number of aliphatic carboxylic acids is 1. The highest BCUT2D eigenvalue weighted by Crippen LogP contribution is 2.21. The minimum atomic E-state index is -1.03. The van der Waals surface area contributed by atoms with E-state index in [2.05, 4.69) is 10.5 Å². The number of carbonyl (C=O) groups excluding carboxylic acids is 1. The fourth-order valence-corrected chi connectivity index (χ4v) is 2.71. The highest BCUT2D eigenvalue weighted by atomic mass is 16.5. The molecule has 0 aliphatic heterocycles. The molecule has 2 unspecified atom stereocenters. The molecule has 0 spiro atoms. The summed E-state index contributed by atoms with van der Waals surface area (Å²) in [5.41, 5.74) is 1.94. The smallest absolute Gasteiger partial charge is 0.326 e. The number of hydrogen-bond donors (Lipinski definition) is 2. The Bertz CT molecular complexity index is 760. The van der Waals surface area contributed by atoms with Gasteiger partial charge in [-0.1, -0.05) is 25.4 Å². The van der Waals surface area contributed by atoms with Gasteiger partial charge >= 0.3 is 5.97 Å². The fraction of sp³-hybridized carbons (Fsp3) is 0.471. The Balaban J connectivity index is 2.32. The van der Waals surface area contributed by atoms with E-state index in [4.69, 9.17) is 4.52 Å². The topological polar surface area (TPSA) is 97.4 Å². The quantitative estimate of drug-likeness (QED) is 0.847. The zero-order chi connectivity index (χ0) is 18.0. The lowest BCUT2D eigenvalue weighted by molar-refractivity contribution is -0.140. The summed E-state index contributed by atoms with van der Waals surface area (Å²) in [6, 6.07) is 2.59. The first-order valence-electron chi connectivity index (χ1n) is 7.92. The first kappa shape index (κ1) is 17.8. The van der Waals surface area contributed by atoms with Crippen LogP contribution in [0.5, 0.6) is 0 Å². The van der Waals surface area contributed by atoms with Crippen molar-refractivity contribution < 1.29 is 19.2 Å². The molecule has 0 aliphatic rings. The van der Waals surface area contributed by atoms with E-state index in [0.29, 0.717) is 29.3 Å². The molecular weight excluding hydrogens is 310 g/mol. The second kappa shape index (κ2) is 6.90. The normalized spacial score (nSPS) is 13.5. The van der Waals surface area contributed by atoms with Crippen LogP contribution in [-0.4, -0.2) is 32.7 Å². The maximum atomic E-state index is 12.6. The lowest BCUT2D eigenvalue weighted by atomic mass is 9.99. The molecule has 0 radical (unpaired) electrons. The Morgan fingerprint density at radius 1 is 1.33 bits per heavy atom. The molecular formula is C17H23N3O4. The van der Waals surface area contributed by atoms with E-state index in [1.165, 1.54) is 0 Å². The van der Waals surface area contributed by atoms with Crippen LogP contribution in [0, 0.1) is 26.7 Å². The second-order valence-electron chi connectivity index (χ2n) is 6.09. The van der Waals surface area contributed by atoms with Gasteiger partial charge in [-0.3, -0.25) is 9.36 Å². The van der Waals surface area contributed by atoms with Crippen LogP contribution in [0.4, 0.5) is 0 Å². The number of carbonyl (C=O) groups is 2. The Labute approximate surface area is 140 Å². The molecule has 24 heavy (non-hydrogen) atoms. The highest BCUT2D eigenvalue weighted by molar-refractivity contribution is 5.98. The summed E-state index contributed by atoms with van der Waals surface area (Å²) >= 11 is 0. The largest absolute Gasteiger partial charge is 0.480 e. The third-order valence-electron chi connectivity index (χ3n) is 4.29. The SMILES string of the molecule is CCC(C)C(NC(=O)c1cc(C)n(-c2cc(C)on2)c1C)C(=O)O.